The summed E-state index contributed by atoms with van der Waals surface area (Å²) in [6.07, 6.45) is 9.09. The molecule has 0 atom stereocenters. The number of nitrogens with one attached hydrogen (secondary N) is 1. The highest BCUT2D eigenvalue weighted by molar-refractivity contribution is 5.57. The fraction of sp³-hybridized carbons (Fsp3) is 0.227. The van der Waals surface area contributed by atoms with Gasteiger partial charge in [-0.25, -0.2) is 14.6 Å². The Balaban J connectivity index is 1.53. The van der Waals surface area contributed by atoms with E-state index in [0.717, 1.165) is 22.5 Å². The van der Waals surface area contributed by atoms with Gasteiger partial charge in [-0.3, -0.25) is 9.48 Å². The first-order chi connectivity index (χ1) is 15.1. The van der Waals surface area contributed by atoms with Gasteiger partial charge in [-0.15, -0.1) is 0 Å². The van der Waals surface area contributed by atoms with E-state index in [0.29, 0.717) is 31.1 Å². The van der Waals surface area contributed by atoms with E-state index < -0.39 is 0 Å². The maximum absolute atomic E-state index is 12.4. The van der Waals surface area contributed by atoms with Crippen LogP contribution < -0.4 is 10.7 Å². The van der Waals surface area contributed by atoms with E-state index in [1.165, 1.54) is 6.07 Å². The molecular weight excluding hydrogens is 394 g/mol. The molecule has 158 valence electrons. The minimum Gasteiger partial charge on any atom is -0.383 e. The third-order valence-electron chi connectivity index (χ3n) is 4.68. The number of aromatic nitrogens is 6. The Morgan fingerprint density at radius 1 is 1.13 bits per heavy atom. The zero-order valence-corrected chi connectivity index (χ0v) is 17.4. The zero-order valence-electron chi connectivity index (χ0n) is 17.4. The van der Waals surface area contributed by atoms with Crippen LogP contribution in [0.5, 0.6) is 0 Å². The number of benzene rings is 1. The normalized spacial score (nSPS) is 10.9. The lowest BCUT2D eigenvalue weighted by atomic mass is 10.1. The van der Waals surface area contributed by atoms with Gasteiger partial charge < -0.3 is 10.1 Å². The molecule has 0 saturated heterocycles. The van der Waals surface area contributed by atoms with E-state index >= 15 is 0 Å². The van der Waals surface area contributed by atoms with Crippen LogP contribution in [0.1, 0.15) is 11.3 Å². The van der Waals surface area contributed by atoms with Crippen molar-refractivity contribution in [2.45, 2.75) is 6.42 Å². The Bertz CT molecular complexity index is 1220. The third-order valence-corrected chi connectivity index (χ3v) is 4.68. The van der Waals surface area contributed by atoms with Crippen LogP contribution in [0.2, 0.25) is 0 Å². The molecule has 0 fully saturated rings. The standard InChI is InChI=1S/C22H23N7O2/c1-28-15-19(14-26-28)29-8-6-21(30)20(27-29)11-16-4-3-5-17(10-16)22-24-12-18(13-25-22)23-7-9-31-2/h3-6,8,10,12-15,23H,7,9,11H2,1-2H3. The van der Waals surface area contributed by atoms with Gasteiger partial charge in [0.1, 0.15) is 11.4 Å². The minimum absolute atomic E-state index is 0.103. The van der Waals surface area contributed by atoms with Crippen molar-refractivity contribution in [3.63, 3.8) is 0 Å². The Morgan fingerprint density at radius 3 is 2.71 bits per heavy atom. The molecule has 9 nitrogen and oxygen atoms in total. The Morgan fingerprint density at radius 2 is 1.97 bits per heavy atom. The van der Waals surface area contributed by atoms with E-state index in [1.54, 1.807) is 41.3 Å². The highest BCUT2D eigenvalue weighted by Crippen LogP contribution is 2.18. The molecule has 0 bridgehead atoms. The maximum Gasteiger partial charge on any atom is 0.203 e. The summed E-state index contributed by atoms with van der Waals surface area (Å²) in [6, 6.07) is 9.35. The SMILES string of the molecule is COCCNc1cnc(-c2cccc(Cc3nn(-c4cnn(C)c4)ccc3=O)c2)nc1. The van der Waals surface area contributed by atoms with Crippen LogP contribution in [0.25, 0.3) is 17.1 Å². The van der Waals surface area contributed by atoms with Crippen molar-refractivity contribution in [1.82, 2.24) is 29.5 Å². The highest BCUT2D eigenvalue weighted by atomic mass is 16.5. The van der Waals surface area contributed by atoms with Gasteiger partial charge in [0.25, 0.3) is 0 Å². The fourth-order valence-electron chi connectivity index (χ4n) is 3.12. The fourth-order valence-corrected chi connectivity index (χ4v) is 3.12. The van der Waals surface area contributed by atoms with E-state index in [1.807, 2.05) is 37.5 Å². The van der Waals surface area contributed by atoms with Crippen molar-refractivity contribution in [2.24, 2.45) is 7.05 Å². The van der Waals surface area contributed by atoms with E-state index in [2.05, 4.69) is 25.5 Å². The molecule has 9 heteroatoms. The van der Waals surface area contributed by atoms with Crippen molar-refractivity contribution in [2.75, 3.05) is 25.6 Å². The summed E-state index contributed by atoms with van der Waals surface area (Å²) in [5, 5.41) is 11.8. The molecule has 0 unspecified atom stereocenters. The zero-order chi connectivity index (χ0) is 21.6. The Labute approximate surface area is 179 Å². The Hall–Kier alpha value is -3.85. The third kappa shape index (κ3) is 5.01. The molecule has 1 aromatic carbocycles. The van der Waals surface area contributed by atoms with Crippen molar-refractivity contribution >= 4 is 5.69 Å². The summed E-state index contributed by atoms with van der Waals surface area (Å²) in [5.41, 5.74) is 3.82. The molecule has 0 radical (unpaired) electrons. The molecule has 0 aliphatic heterocycles. The van der Waals surface area contributed by atoms with Gasteiger partial charge >= 0.3 is 0 Å². The molecule has 0 aliphatic rings. The topological polar surface area (TPSA) is 99.7 Å². The number of aryl methyl sites for hydroxylation is 1. The molecule has 3 heterocycles. The number of methoxy groups -OCH3 is 1. The molecule has 0 saturated carbocycles. The van der Waals surface area contributed by atoms with Crippen LogP contribution in [0.4, 0.5) is 5.69 Å². The molecule has 31 heavy (non-hydrogen) atoms. The smallest absolute Gasteiger partial charge is 0.203 e. The summed E-state index contributed by atoms with van der Waals surface area (Å²) < 4.78 is 8.37. The van der Waals surface area contributed by atoms with Gasteiger partial charge in [0, 0.05) is 44.9 Å². The number of nitrogens with zero attached hydrogens (tertiary/aromatic N) is 6. The van der Waals surface area contributed by atoms with Gasteiger partial charge in [-0.05, 0) is 11.6 Å². The summed E-state index contributed by atoms with van der Waals surface area (Å²) in [6.45, 7) is 1.30. The summed E-state index contributed by atoms with van der Waals surface area (Å²) in [4.78, 5) is 21.3. The lowest BCUT2D eigenvalue weighted by molar-refractivity contribution is 0.211. The first-order valence-electron chi connectivity index (χ1n) is 9.84. The molecule has 0 amide bonds. The van der Waals surface area contributed by atoms with E-state index in [9.17, 15) is 4.79 Å². The molecule has 4 aromatic rings. The quantitative estimate of drug-likeness (QED) is 0.438. The van der Waals surface area contributed by atoms with Gasteiger partial charge in [0.2, 0.25) is 5.43 Å². The predicted molar refractivity (Wildman–Crippen MR) is 117 cm³/mol. The molecule has 1 N–H and O–H groups in total. The average molecular weight is 417 g/mol. The van der Waals surface area contributed by atoms with Crippen molar-refractivity contribution in [1.29, 1.82) is 0 Å². The second-order valence-electron chi connectivity index (χ2n) is 7.04. The minimum atomic E-state index is -0.103. The first-order valence-corrected chi connectivity index (χ1v) is 9.84. The summed E-state index contributed by atoms with van der Waals surface area (Å²) >= 11 is 0. The van der Waals surface area contributed by atoms with Crippen LogP contribution in [0, 0.1) is 0 Å². The molecule has 3 aromatic heterocycles. The second kappa shape index (κ2) is 9.31. The van der Waals surface area contributed by atoms with Crippen LogP contribution in [0.15, 0.2) is 66.1 Å². The largest absolute Gasteiger partial charge is 0.383 e. The Kier molecular flexibility index (Phi) is 6.13. The van der Waals surface area contributed by atoms with E-state index in [-0.39, 0.29) is 5.43 Å². The van der Waals surface area contributed by atoms with Crippen molar-refractivity contribution in [3.8, 4) is 17.1 Å². The monoisotopic (exact) mass is 417 g/mol. The van der Waals surface area contributed by atoms with Crippen LogP contribution in [-0.2, 0) is 18.2 Å². The van der Waals surface area contributed by atoms with Gasteiger partial charge in [0.15, 0.2) is 5.82 Å². The predicted octanol–water partition coefficient (Wildman–Crippen LogP) is 2.07. The van der Waals surface area contributed by atoms with Crippen LogP contribution in [0.3, 0.4) is 0 Å². The van der Waals surface area contributed by atoms with Crippen LogP contribution in [-0.4, -0.2) is 49.8 Å². The molecule has 0 spiro atoms. The van der Waals surface area contributed by atoms with Gasteiger partial charge in [-0.1, -0.05) is 18.2 Å². The number of hydrogen-bond donors (Lipinski definition) is 1. The summed E-state index contributed by atoms with van der Waals surface area (Å²) in [7, 11) is 3.50. The molecular formula is C22H23N7O2. The first kappa shape index (κ1) is 20.4. The van der Waals surface area contributed by atoms with E-state index in [4.69, 9.17) is 4.74 Å². The number of anilines is 1. The maximum atomic E-state index is 12.4. The van der Waals surface area contributed by atoms with Crippen molar-refractivity contribution < 1.29 is 4.74 Å². The van der Waals surface area contributed by atoms with Gasteiger partial charge in [0.05, 0.1) is 37.1 Å². The average Bonchev–Trinajstić information content (AvgIpc) is 3.22. The van der Waals surface area contributed by atoms with Gasteiger partial charge in [-0.2, -0.15) is 10.2 Å². The molecule has 4 rings (SSSR count). The number of ether oxygens (including phenoxy) is 1. The van der Waals surface area contributed by atoms with Crippen LogP contribution >= 0.6 is 0 Å². The second-order valence-corrected chi connectivity index (χ2v) is 7.04. The van der Waals surface area contributed by atoms with Crippen molar-refractivity contribution in [3.05, 3.63) is 82.8 Å². The highest BCUT2D eigenvalue weighted by Gasteiger charge is 2.09. The molecule has 0 aliphatic carbocycles. The number of rotatable bonds is 8. The summed E-state index contributed by atoms with van der Waals surface area (Å²) in [5.74, 6) is 0.618. The lowest BCUT2D eigenvalue weighted by Crippen LogP contribution is -2.16. The number of hydrogen-bond acceptors (Lipinski definition) is 7. The lowest BCUT2D eigenvalue weighted by Gasteiger charge is -2.08.